The van der Waals surface area contributed by atoms with E-state index < -0.39 is 88.6 Å². The maximum atomic E-state index is 13.6. The molecule has 11 heteroatoms. The lowest BCUT2D eigenvalue weighted by atomic mass is 10.1. The van der Waals surface area contributed by atoms with Crippen LogP contribution in [0.5, 0.6) is 5.75 Å². The molecule has 0 amide bonds. The second-order valence-electron chi connectivity index (χ2n) is 7.98. The van der Waals surface area contributed by atoms with Crippen molar-refractivity contribution in [2.24, 2.45) is 6.98 Å². The van der Waals surface area contributed by atoms with Crippen molar-refractivity contribution in [1.82, 2.24) is 29.4 Å². The van der Waals surface area contributed by atoms with E-state index in [9.17, 15) is 13.2 Å². The fourth-order valence-corrected chi connectivity index (χ4v) is 4.54. The Morgan fingerprint density at radius 1 is 1.33 bits per heavy atom. The summed E-state index contributed by atoms with van der Waals surface area (Å²) in [6.07, 6.45) is -8.04. The normalized spacial score (nSPS) is 24.8. The summed E-state index contributed by atoms with van der Waals surface area (Å²) in [4.78, 5) is 20.1. The van der Waals surface area contributed by atoms with Crippen LogP contribution in [0.15, 0.2) is 27.9 Å². The number of hydrogen-bond donors (Lipinski definition) is 2. The highest BCUT2D eigenvalue weighted by Crippen LogP contribution is 2.31. The lowest BCUT2D eigenvalue weighted by molar-refractivity contribution is 0.297. The van der Waals surface area contributed by atoms with Crippen LogP contribution in [-0.4, -0.2) is 65.7 Å². The van der Waals surface area contributed by atoms with Crippen LogP contribution >= 0.6 is 0 Å². The van der Waals surface area contributed by atoms with E-state index in [2.05, 4.69) is 15.1 Å². The van der Waals surface area contributed by atoms with Gasteiger partial charge < -0.3 is 14.6 Å². The van der Waals surface area contributed by atoms with Crippen LogP contribution in [-0.2, 0) is 23.4 Å². The topological polar surface area (TPSA) is 122 Å². The molecule has 0 spiro atoms. The minimum absolute atomic E-state index is 0.0559. The third-order valence-corrected chi connectivity index (χ3v) is 6.67. The van der Waals surface area contributed by atoms with Crippen molar-refractivity contribution in [3.05, 3.63) is 34.2 Å². The molecule has 1 aliphatic rings. The molecule has 0 saturated carbocycles. The zero-order chi connectivity index (χ0) is 38.0. The van der Waals surface area contributed by atoms with Crippen LogP contribution in [0, 0.1) is 0 Å². The Kier molecular flexibility index (Phi) is 4.22. The second-order valence-corrected chi connectivity index (χ2v) is 9.66. The van der Waals surface area contributed by atoms with Gasteiger partial charge in [0.25, 0.3) is 5.56 Å². The van der Waals surface area contributed by atoms with Gasteiger partial charge in [-0.1, -0.05) is 20.2 Å². The lowest BCUT2D eigenvalue weighted by Crippen LogP contribution is -2.31. The SMILES string of the molecule is [2H]C([2H])([2H])N1CCCC1C([2H])([2H])C([2H])([2H])NS(=O)(=O)c1ccc(OCCC)c(-c2nc3c(C([2H])([2H])C([2H])([2H])C)nn(C([2H])([2H])[2H])c3c(=O)[nH]2)c1. The molecule has 0 radical (unpaired) electrons. The Morgan fingerprint density at radius 3 is 2.94 bits per heavy atom. The van der Waals surface area contributed by atoms with Crippen molar-refractivity contribution < 1.29 is 32.3 Å². The average Bonchev–Trinajstić information content (AvgIpc) is 3.62. The number of aryl methyl sites for hydroxylation is 2. The Hall–Kier alpha value is -2.76. The smallest absolute Gasteiger partial charge is 0.277 e. The molecule has 3 heterocycles. The monoisotopic (exact) mass is 530 g/mol. The van der Waals surface area contributed by atoms with E-state index in [0.29, 0.717) is 6.42 Å². The first-order chi connectivity index (χ1) is 22.6. The van der Waals surface area contributed by atoms with Crippen LogP contribution in [0.3, 0.4) is 0 Å². The number of sulfonamides is 1. The van der Waals surface area contributed by atoms with Gasteiger partial charge in [-0.25, -0.2) is 18.1 Å². The number of aromatic nitrogens is 4. The molecule has 196 valence electrons. The lowest BCUT2D eigenvalue weighted by Gasteiger charge is -2.19. The van der Waals surface area contributed by atoms with E-state index in [1.54, 1.807) is 11.6 Å². The van der Waals surface area contributed by atoms with Crippen molar-refractivity contribution in [1.29, 1.82) is 0 Å². The Labute approximate surface area is 231 Å². The molecule has 0 aliphatic carbocycles. The third kappa shape index (κ3) is 5.47. The zero-order valence-corrected chi connectivity index (χ0v) is 20.5. The van der Waals surface area contributed by atoms with Crippen molar-refractivity contribution >= 4 is 21.1 Å². The molecule has 36 heavy (non-hydrogen) atoms. The number of likely N-dealkylation sites (tertiary alicyclic amines) is 1. The van der Waals surface area contributed by atoms with Gasteiger partial charge in [0.05, 0.1) is 22.8 Å². The summed E-state index contributed by atoms with van der Waals surface area (Å²) in [6, 6.07) is 1.56. The quantitative estimate of drug-likeness (QED) is 0.391. The summed E-state index contributed by atoms with van der Waals surface area (Å²) in [6.45, 7) is -6.57. The molecule has 2 N–H and O–H groups in total. The first kappa shape index (κ1) is 13.7. The molecule has 3 aromatic rings. The number of nitrogens with zero attached hydrogens (tertiary/aromatic N) is 4. The molecule has 1 unspecified atom stereocenters. The average molecular weight is 531 g/mol. The van der Waals surface area contributed by atoms with Gasteiger partial charge in [0.2, 0.25) is 10.0 Å². The molecule has 1 aliphatic heterocycles. The molecule has 0 bridgehead atoms. The Morgan fingerprint density at radius 2 is 2.19 bits per heavy atom. The molecule has 1 fully saturated rings. The maximum Gasteiger partial charge on any atom is 0.277 e. The van der Waals surface area contributed by atoms with E-state index in [4.69, 9.17) is 23.9 Å². The molecular weight excluding hydrogens is 480 g/mol. The highest BCUT2D eigenvalue weighted by molar-refractivity contribution is 7.89. The second kappa shape index (κ2) is 11.1. The van der Waals surface area contributed by atoms with Crippen LogP contribution in [0.25, 0.3) is 22.4 Å². The number of benzene rings is 1. The first-order valence-electron chi connectivity index (χ1n) is 18.2. The molecule has 1 saturated heterocycles. The van der Waals surface area contributed by atoms with Crippen molar-refractivity contribution in [3.63, 3.8) is 0 Å². The number of H-pyrrole nitrogens is 1. The van der Waals surface area contributed by atoms with E-state index in [1.165, 1.54) is 0 Å². The minimum Gasteiger partial charge on any atom is -0.493 e. The highest BCUT2D eigenvalue weighted by atomic mass is 32.2. The summed E-state index contributed by atoms with van der Waals surface area (Å²) >= 11 is 0. The van der Waals surface area contributed by atoms with Gasteiger partial charge in [0.15, 0.2) is 5.52 Å². The van der Waals surface area contributed by atoms with E-state index in [1.807, 2.05) is 0 Å². The highest BCUT2D eigenvalue weighted by Gasteiger charge is 2.23. The molecule has 4 rings (SSSR count). The van der Waals surface area contributed by atoms with Crippen LogP contribution in [0.2, 0.25) is 0 Å². The van der Waals surface area contributed by atoms with Crippen LogP contribution < -0.4 is 15.0 Å². The predicted molar refractivity (Wildman–Crippen MR) is 140 cm³/mol. The number of fused-ring (bicyclic) bond motifs is 1. The number of rotatable bonds is 11. The maximum absolute atomic E-state index is 13.6. The van der Waals surface area contributed by atoms with E-state index >= 15 is 0 Å². The Bertz CT molecular complexity index is 1920. The van der Waals surface area contributed by atoms with Gasteiger partial charge in [0, 0.05) is 38.7 Å². The third-order valence-electron chi connectivity index (χ3n) is 5.43. The predicted octanol–water partition coefficient (Wildman–Crippen LogP) is 2.83. The minimum atomic E-state index is -4.97. The zero-order valence-electron chi connectivity index (χ0n) is 33.7. The Balaban J connectivity index is 1.89. The fraction of sp³-hybridized carbons (Fsp3) is 0.560. The van der Waals surface area contributed by atoms with Gasteiger partial charge in [0.1, 0.15) is 17.1 Å². The molecule has 2 aromatic heterocycles. The number of hydrogen-bond acceptors (Lipinski definition) is 7. The standard InChI is InChI=1S/C25H36N6O4S/c1-5-8-20-22-23(31(4)29-20)25(32)28-24(27-22)19-16-18(10-11-21(19)35-15-6-2)36(33,34)26-13-12-17-9-7-14-30(17)3/h10-11,16-17,26H,5-9,12-15H2,1-4H3,(H,27,28,32)/i3D3,4D3,5D2,8D2,12D2,13D2. The number of nitrogens with one attached hydrogen (secondary N) is 2. The van der Waals surface area contributed by atoms with Gasteiger partial charge in [-0.15, -0.1) is 0 Å². The summed E-state index contributed by atoms with van der Waals surface area (Å²) in [5.74, 6) is -0.536. The molecule has 10 nitrogen and oxygen atoms in total. The van der Waals surface area contributed by atoms with E-state index in [0.717, 1.165) is 30.0 Å². The van der Waals surface area contributed by atoms with Gasteiger partial charge >= 0.3 is 0 Å². The van der Waals surface area contributed by atoms with Crippen molar-refractivity contribution in [3.8, 4) is 17.1 Å². The van der Waals surface area contributed by atoms with Crippen LogP contribution in [0.1, 0.15) is 70.7 Å². The van der Waals surface area contributed by atoms with Gasteiger partial charge in [-0.3, -0.25) is 9.48 Å². The number of ether oxygens (including phenoxy) is 1. The van der Waals surface area contributed by atoms with Crippen molar-refractivity contribution in [2.75, 3.05) is 26.6 Å². The van der Waals surface area contributed by atoms with E-state index in [-0.39, 0.29) is 42.0 Å². The summed E-state index contributed by atoms with van der Waals surface area (Å²) in [5, 5.41) is 3.74. The molecular formula is C25H36N6O4S. The largest absolute Gasteiger partial charge is 0.493 e. The number of aromatic amines is 1. The van der Waals surface area contributed by atoms with Crippen LogP contribution in [0.4, 0.5) is 0 Å². The molecule has 1 atom stereocenters. The van der Waals surface area contributed by atoms with Gasteiger partial charge in [-0.05, 0) is 63.7 Å². The molecule has 1 aromatic carbocycles. The summed E-state index contributed by atoms with van der Waals surface area (Å²) < 4.78 is 148. The summed E-state index contributed by atoms with van der Waals surface area (Å²) in [5.41, 5.74) is -3.57. The van der Waals surface area contributed by atoms with Crippen molar-refractivity contribution in [2.45, 2.75) is 63.2 Å². The summed E-state index contributed by atoms with van der Waals surface area (Å²) in [7, 11) is -4.97. The van der Waals surface area contributed by atoms with Gasteiger partial charge in [-0.2, -0.15) is 5.10 Å². The first-order valence-corrected chi connectivity index (χ1v) is 12.7. The fourth-order valence-electron chi connectivity index (χ4n) is 3.71.